The van der Waals surface area contributed by atoms with E-state index in [1.165, 1.54) is 11.1 Å². The average molecular weight is 290 g/mol. The van der Waals surface area contributed by atoms with E-state index in [0.29, 0.717) is 30.8 Å². The van der Waals surface area contributed by atoms with E-state index in [0.717, 1.165) is 5.69 Å². The number of carbonyl (C=O) groups excluding carboxylic acids is 1. The summed E-state index contributed by atoms with van der Waals surface area (Å²) in [6, 6.07) is 6.71. The lowest BCUT2D eigenvalue weighted by Crippen LogP contribution is -2.27. The fourth-order valence-corrected chi connectivity index (χ4v) is 2.37. The van der Waals surface area contributed by atoms with Crippen LogP contribution in [-0.2, 0) is 4.79 Å². The summed E-state index contributed by atoms with van der Waals surface area (Å²) in [6.45, 7) is 13.5. The molecule has 0 aliphatic heterocycles. The summed E-state index contributed by atoms with van der Waals surface area (Å²) < 4.78 is 0. The minimum absolute atomic E-state index is 0.0816. The van der Waals surface area contributed by atoms with Crippen LogP contribution in [0.4, 0.5) is 5.69 Å². The largest absolute Gasteiger partial charge is 0.326 e. The molecular formula is C18H30N2O. The Kier molecular flexibility index (Phi) is 6.90. The molecule has 0 bridgehead atoms. The van der Waals surface area contributed by atoms with Gasteiger partial charge in [0.05, 0.1) is 0 Å². The van der Waals surface area contributed by atoms with E-state index in [1.807, 2.05) is 0 Å². The maximum atomic E-state index is 12.2. The number of amides is 1. The van der Waals surface area contributed by atoms with Gasteiger partial charge in [-0.1, -0.05) is 59.7 Å². The molecule has 1 amide bonds. The van der Waals surface area contributed by atoms with Crippen LogP contribution >= 0.6 is 0 Å². The number of carbonyl (C=O) groups is 1. The van der Waals surface area contributed by atoms with Crippen LogP contribution in [0, 0.1) is 0 Å². The zero-order valence-corrected chi connectivity index (χ0v) is 14.3. The molecule has 0 heterocycles. The zero-order chi connectivity index (χ0) is 16.0. The topological polar surface area (TPSA) is 41.1 Å². The molecule has 1 aromatic rings. The fourth-order valence-electron chi connectivity index (χ4n) is 2.37. The Labute approximate surface area is 129 Å². The number of nitrogens with one attached hydrogen (secondary N) is 2. The Morgan fingerprint density at radius 3 is 1.95 bits per heavy atom. The second-order valence-electron chi connectivity index (χ2n) is 6.53. The number of anilines is 1. The molecule has 0 unspecified atom stereocenters. The first-order chi connectivity index (χ1) is 9.82. The van der Waals surface area contributed by atoms with Crippen molar-refractivity contribution in [2.24, 2.45) is 0 Å². The summed E-state index contributed by atoms with van der Waals surface area (Å²) in [7, 11) is 0. The van der Waals surface area contributed by atoms with Crippen LogP contribution in [0.2, 0.25) is 0 Å². The number of rotatable bonds is 7. The molecule has 0 saturated heterocycles. The molecule has 3 heteroatoms. The molecule has 0 radical (unpaired) electrons. The van der Waals surface area contributed by atoms with Crippen molar-refractivity contribution in [1.82, 2.24) is 5.32 Å². The summed E-state index contributed by atoms with van der Waals surface area (Å²) in [6.07, 6.45) is 0.502. The van der Waals surface area contributed by atoms with E-state index < -0.39 is 0 Å². The smallest absolute Gasteiger partial charge is 0.225 e. The summed E-state index contributed by atoms with van der Waals surface area (Å²) >= 11 is 0. The number of benzene rings is 1. The summed E-state index contributed by atoms with van der Waals surface area (Å²) in [4.78, 5) is 12.2. The van der Waals surface area contributed by atoms with Crippen molar-refractivity contribution in [1.29, 1.82) is 0 Å². The molecule has 0 spiro atoms. The van der Waals surface area contributed by atoms with Gasteiger partial charge in [-0.15, -0.1) is 0 Å². The molecule has 118 valence electrons. The maximum absolute atomic E-state index is 12.2. The molecule has 1 aromatic carbocycles. The molecule has 0 aromatic heterocycles. The summed E-state index contributed by atoms with van der Waals surface area (Å²) in [5, 5.41) is 6.41. The Morgan fingerprint density at radius 1 is 1.00 bits per heavy atom. The second-order valence-corrected chi connectivity index (χ2v) is 6.53. The van der Waals surface area contributed by atoms with Gasteiger partial charge in [0.25, 0.3) is 0 Å². The standard InChI is InChI=1S/C18H30N2O/c1-12(2)15-8-7-9-16(13(3)4)18(15)20-17(21)10-11-19-14(5)6/h7-9,12-14,19H,10-11H2,1-6H3,(H,20,21). The van der Waals surface area contributed by atoms with E-state index in [2.05, 4.69) is 70.4 Å². The van der Waals surface area contributed by atoms with E-state index in [9.17, 15) is 4.79 Å². The third-order valence-corrected chi connectivity index (χ3v) is 3.54. The Hall–Kier alpha value is -1.35. The van der Waals surface area contributed by atoms with Gasteiger partial charge in [-0.3, -0.25) is 4.79 Å². The number of hydrogen-bond acceptors (Lipinski definition) is 2. The van der Waals surface area contributed by atoms with Crippen LogP contribution in [0.5, 0.6) is 0 Å². The number of hydrogen-bond donors (Lipinski definition) is 2. The van der Waals surface area contributed by atoms with Crippen LogP contribution in [0.3, 0.4) is 0 Å². The first-order valence-corrected chi connectivity index (χ1v) is 7.99. The SMILES string of the molecule is CC(C)NCCC(=O)Nc1c(C(C)C)cccc1C(C)C. The van der Waals surface area contributed by atoms with Gasteiger partial charge in [-0.05, 0) is 23.0 Å². The van der Waals surface area contributed by atoms with Gasteiger partial charge >= 0.3 is 0 Å². The highest BCUT2D eigenvalue weighted by Gasteiger charge is 2.15. The predicted octanol–water partition coefficient (Wildman–Crippen LogP) is 4.26. The highest BCUT2D eigenvalue weighted by Crippen LogP contribution is 2.32. The monoisotopic (exact) mass is 290 g/mol. The van der Waals surface area contributed by atoms with E-state index in [4.69, 9.17) is 0 Å². The molecule has 2 N–H and O–H groups in total. The Balaban J connectivity index is 2.87. The van der Waals surface area contributed by atoms with E-state index in [-0.39, 0.29) is 5.91 Å². The van der Waals surface area contributed by atoms with Crippen molar-refractivity contribution < 1.29 is 4.79 Å². The predicted molar refractivity (Wildman–Crippen MR) is 91.0 cm³/mol. The lowest BCUT2D eigenvalue weighted by atomic mass is 9.92. The highest BCUT2D eigenvalue weighted by molar-refractivity contribution is 5.92. The van der Waals surface area contributed by atoms with Crippen LogP contribution in [0.1, 0.15) is 70.9 Å². The third-order valence-electron chi connectivity index (χ3n) is 3.54. The molecule has 3 nitrogen and oxygen atoms in total. The van der Waals surface area contributed by atoms with Gasteiger partial charge in [0.1, 0.15) is 0 Å². The van der Waals surface area contributed by atoms with Crippen LogP contribution in [0.25, 0.3) is 0 Å². The number of para-hydroxylation sites is 1. The van der Waals surface area contributed by atoms with Gasteiger partial charge in [0.15, 0.2) is 0 Å². The average Bonchev–Trinajstić information content (AvgIpc) is 2.37. The van der Waals surface area contributed by atoms with Crippen molar-refractivity contribution in [2.45, 2.75) is 65.8 Å². The molecule has 0 fully saturated rings. The minimum atomic E-state index is 0.0816. The molecule has 0 saturated carbocycles. The van der Waals surface area contributed by atoms with Crippen molar-refractivity contribution in [3.8, 4) is 0 Å². The third kappa shape index (κ3) is 5.50. The van der Waals surface area contributed by atoms with Gasteiger partial charge in [-0.2, -0.15) is 0 Å². The molecule has 21 heavy (non-hydrogen) atoms. The van der Waals surface area contributed by atoms with E-state index in [1.54, 1.807) is 0 Å². The first-order valence-electron chi connectivity index (χ1n) is 7.99. The molecule has 1 rings (SSSR count). The van der Waals surface area contributed by atoms with Gasteiger partial charge in [0.2, 0.25) is 5.91 Å². The summed E-state index contributed by atoms with van der Waals surface area (Å²) in [5.74, 6) is 0.874. The van der Waals surface area contributed by atoms with Crippen LogP contribution < -0.4 is 10.6 Å². The molecule has 0 aliphatic carbocycles. The van der Waals surface area contributed by atoms with Crippen molar-refractivity contribution in [3.63, 3.8) is 0 Å². The lowest BCUT2D eigenvalue weighted by molar-refractivity contribution is -0.116. The van der Waals surface area contributed by atoms with Gasteiger partial charge in [-0.25, -0.2) is 0 Å². The minimum Gasteiger partial charge on any atom is -0.326 e. The normalized spacial score (nSPS) is 11.5. The Bertz CT molecular complexity index is 438. The molecular weight excluding hydrogens is 260 g/mol. The molecule has 0 aliphatic rings. The van der Waals surface area contributed by atoms with Crippen molar-refractivity contribution >= 4 is 11.6 Å². The second kappa shape index (κ2) is 8.18. The zero-order valence-electron chi connectivity index (χ0n) is 14.3. The molecule has 0 atom stereocenters. The fraction of sp³-hybridized carbons (Fsp3) is 0.611. The van der Waals surface area contributed by atoms with Crippen LogP contribution in [0.15, 0.2) is 18.2 Å². The van der Waals surface area contributed by atoms with E-state index >= 15 is 0 Å². The van der Waals surface area contributed by atoms with Crippen LogP contribution in [-0.4, -0.2) is 18.5 Å². The van der Waals surface area contributed by atoms with Crippen molar-refractivity contribution in [3.05, 3.63) is 29.3 Å². The Morgan fingerprint density at radius 2 is 1.52 bits per heavy atom. The summed E-state index contributed by atoms with van der Waals surface area (Å²) in [5.41, 5.74) is 3.44. The van der Waals surface area contributed by atoms with Crippen molar-refractivity contribution in [2.75, 3.05) is 11.9 Å². The quantitative estimate of drug-likeness (QED) is 0.787. The lowest BCUT2D eigenvalue weighted by Gasteiger charge is -2.20. The van der Waals surface area contributed by atoms with Gasteiger partial charge in [0, 0.05) is 24.7 Å². The highest BCUT2D eigenvalue weighted by atomic mass is 16.1. The first kappa shape index (κ1) is 17.7. The maximum Gasteiger partial charge on any atom is 0.225 e. The van der Waals surface area contributed by atoms with Gasteiger partial charge < -0.3 is 10.6 Å².